The SMILES string of the molecule is COc1ccc(/C(O)=C2\C(=O)C(=O)N(c3ccc(C)cc3C)C2c2ccccc2)cc1. The van der Waals surface area contributed by atoms with Crippen LogP contribution in [0.2, 0.25) is 0 Å². The number of amides is 1. The van der Waals surface area contributed by atoms with Crippen LogP contribution in [0.25, 0.3) is 5.76 Å². The van der Waals surface area contributed by atoms with Gasteiger partial charge in [-0.15, -0.1) is 0 Å². The average molecular weight is 413 g/mol. The molecular formula is C26H23NO4. The van der Waals surface area contributed by atoms with Crippen LogP contribution in [0.5, 0.6) is 5.75 Å². The maximum absolute atomic E-state index is 13.2. The maximum atomic E-state index is 13.2. The van der Waals surface area contributed by atoms with Crippen molar-refractivity contribution >= 4 is 23.1 Å². The first-order valence-electron chi connectivity index (χ1n) is 10.00. The molecule has 1 N–H and O–H groups in total. The number of aliphatic hydroxyl groups is 1. The minimum atomic E-state index is -0.732. The summed E-state index contributed by atoms with van der Waals surface area (Å²) in [7, 11) is 1.56. The van der Waals surface area contributed by atoms with Gasteiger partial charge in [0, 0.05) is 11.3 Å². The molecule has 0 radical (unpaired) electrons. The van der Waals surface area contributed by atoms with Gasteiger partial charge in [0.15, 0.2) is 0 Å². The van der Waals surface area contributed by atoms with Gasteiger partial charge in [-0.05, 0) is 55.3 Å². The molecule has 0 bridgehead atoms. The first-order valence-corrected chi connectivity index (χ1v) is 10.00. The number of carbonyl (C=O) groups is 2. The highest BCUT2D eigenvalue weighted by Gasteiger charge is 2.47. The molecule has 1 aliphatic rings. The van der Waals surface area contributed by atoms with Crippen LogP contribution in [0.1, 0.15) is 28.3 Å². The van der Waals surface area contributed by atoms with Gasteiger partial charge in [0.05, 0.1) is 18.7 Å². The van der Waals surface area contributed by atoms with E-state index in [4.69, 9.17) is 4.74 Å². The molecule has 1 aliphatic heterocycles. The molecule has 4 rings (SSSR count). The van der Waals surface area contributed by atoms with Crippen LogP contribution < -0.4 is 9.64 Å². The molecule has 5 nitrogen and oxygen atoms in total. The largest absolute Gasteiger partial charge is 0.507 e. The number of ketones is 1. The Morgan fingerprint density at radius 2 is 1.61 bits per heavy atom. The normalized spacial score (nSPS) is 17.8. The van der Waals surface area contributed by atoms with Crippen molar-refractivity contribution in [2.24, 2.45) is 0 Å². The lowest BCUT2D eigenvalue weighted by Crippen LogP contribution is -2.30. The van der Waals surface area contributed by atoms with Crippen LogP contribution in [0.3, 0.4) is 0 Å². The number of benzene rings is 3. The fourth-order valence-corrected chi connectivity index (χ4v) is 4.01. The summed E-state index contributed by atoms with van der Waals surface area (Å²) in [6.07, 6.45) is 0. The first kappa shape index (κ1) is 20.4. The van der Waals surface area contributed by atoms with Gasteiger partial charge in [0.25, 0.3) is 11.7 Å². The van der Waals surface area contributed by atoms with E-state index in [0.717, 1.165) is 16.7 Å². The fraction of sp³-hybridized carbons (Fsp3) is 0.154. The highest BCUT2D eigenvalue weighted by atomic mass is 16.5. The molecule has 1 heterocycles. The maximum Gasteiger partial charge on any atom is 0.300 e. The summed E-state index contributed by atoms with van der Waals surface area (Å²) in [6.45, 7) is 3.89. The van der Waals surface area contributed by atoms with E-state index in [0.29, 0.717) is 17.0 Å². The topological polar surface area (TPSA) is 66.8 Å². The van der Waals surface area contributed by atoms with E-state index in [9.17, 15) is 14.7 Å². The molecule has 1 saturated heterocycles. The molecule has 1 fully saturated rings. The number of hydrogen-bond donors (Lipinski definition) is 1. The molecule has 3 aromatic carbocycles. The van der Waals surface area contributed by atoms with Crippen molar-refractivity contribution in [2.45, 2.75) is 19.9 Å². The van der Waals surface area contributed by atoms with Crippen molar-refractivity contribution in [1.82, 2.24) is 0 Å². The molecule has 1 unspecified atom stereocenters. The number of ether oxygens (including phenoxy) is 1. The predicted molar refractivity (Wildman–Crippen MR) is 120 cm³/mol. The summed E-state index contributed by atoms with van der Waals surface area (Å²) >= 11 is 0. The standard InChI is InChI=1S/C26H23NO4/c1-16-9-14-21(17(2)15-16)27-23(18-7-5-4-6-8-18)22(25(29)26(27)30)24(28)19-10-12-20(31-3)13-11-19/h4-15,23,28H,1-3H3/b24-22+. The van der Waals surface area contributed by atoms with Crippen molar-refractivity contribution < 1.29 is 19.4 Å². The molecule has 5 heteroatoms. The zero-order valence-electron chi connectivity index (χ0n) is 17.6. The zero-order chi connectivity index (χ0) is 22.1. The molecule has 0 aliphatic carbocycles. The Labute approximate surface area is 181 Å². The summed E-state index contributed by atoms with van der Waals surface area (Å²) in [4.78, 5) is 27.8. The Morgan fingerprint density at radius 3 is 2.23 bits per heavy atom. The van der Waals surface area contributed by atoms with Crippen molar-refractivity contribution in [3.8, 4) is 5.75 Å². The Morgan fingerprint density at radius 1 is 0.935 bits per heavy atom. The third kappa shape index (κ3) is 3.59. The van der Waals surface area contributed by atoms with Gasteiger partial charge in [0.1, 0.15) is 11.5 Å². The van der Waals surface area contributed by atoms with Crippen LogP contribution in [0, 0.1) is 13.8 Å². The Balaban J connectivity index is 1.93. The number of carbonyl (C=O) groups excluding carboxylic acids is 2. The molecule has 156 valence electrons. The van der Waals surface area contributed by atoms with E-state index >= 15 is 0 Å². The molecule has 1 amide bonds. The van der Waals surface area contributed by atoms with E-state index in [-0.39, 0.29) is 11.3 Å². The summed E-state index contributed by atoms with van der Waals surface area (Å²) in [5.74, 6) is -0.938. The molecule has 0 saturated carbocycles. The second-order valence-corrected chi connectivity index (χ2v) is 7.60. The molecular weight excluding hydrogens is 390 g/mol. The van der Waals surface area contributed by atoms with Crippen LogP contribution in [0.15, 0.2) is 78.4 Å². The number of anilines is 1. The molecule has 3 aromatic rings. The Hall–Kier alpha value is -3.86. The smallest absolute Gasteiger partial charge is 0.300 e. The molecule has 31 heavy (non-hydrogen) atoms. The lowest BCUT2D eigenvalue weighted by molar-refractivity contribution is -0.132. The van der Waals surface area contributed by atoms with E-state index in [1.807, 2.05) is 62.4 Å². The first-order chi connectivity index (χ1) is 14.9. The third-order valence-corrected chi connectivity index (χ3v) is 5.54. The van der Waals surface area contributed by atoms with E-state index < -0.39 is 17.7 Å². The Bertz CT molecular complexity index is 1180. The average Bonchev–Trinajstić information content (AvgIpc) is 3.04. The second-order valence-electron chi connectivity index (χ2n) is 7.60. The molecule has 0 spiro atoms. The molecule has 0 aromatic heterocycles. The number of methoxy groups -OCH3 is 1. The number of Topliss-reactive ketones (excluding diaryl/α,β-unsaturated/α-hetero) is 1. The summed E-state index contributed by atoms with van der Waals surface area (Å²) in [6, 6.07) is 21.0. The van der Waals surface area contributed by atoms with Gasteiger partial charge in [-0.1, -0.05) is 48.0 Å². The minimum absolute atomic E-state index is 0.0707. The monoisotopic (exact) mass is 413 g/mol. The summed E-state index contributed by atoms with van der Waals surface area (Å²) in [5, 5.41) is 11.1. The van der Waals surface area contributed by atoms with Crippen molar-refractivity contribution in [3.05, 3.63) is 101 Å². The van der Waals surface area contributed by atoms with Gasteiger partial charge in [0.2, 0.25) is 0 Å². The Kier molecular flexibility index (Phi) is 5.34. The second kappa shape index (κ2) is 8.11. The fourth-order valence-electron chi connectivity index (χ4n) is 4.01. The summed E-state index contributed by atoms with van der Waals surface area (Å²) < 4.78 is 5.17. The van der Waals surface area contributed by atoms with Crippen molar-refractivity contribution in [3.63, 3.8) is 0 Å². The van der Waals surface area contributed by atoms with E-state index in [1.165, 1.54) is 4.90 Å². The number of aliphatic hydroxyl groups excluding tert-OH is 1. The number of nitrogens with zero attached hydrogens (tertiary/aromatic N) is 1. The van der Waals surface area contributed by atoms with E-state index in [1.54, 1.807) is 31.4 Å². The summed E-state index contributed by atoms with van der Waals surface area (Å²) in [5.41, 5.74) is 3.85. The number of aryl methyl sites for hydroxylation is 2. The highest BCUT2D eigenvalue weighted by Crippen LogP contribution is 2.43. The lowest BCUT2D eigenvalue weighted by atomic mass is 9.95. The lowest BCUT2D eigenvalue weighted by Gasteiger charge is -2.27. The van der Waals surface area contributed by atoms with Gasteiger partial charge in [-0.3, -0.25) is 14.5 Å². The van der Waals surface area contributed by atoms with E-state index in [2.05, 4.69) is 0 Å². The minimum Gasteiger partial charge on any atom is -0.507 e. The third-order valence-electron chi connectivity index (χ3n) is 5.54. The van der Waals surface area contributed by atoms with Crippen LogP contribution >= 0.6 is 0 Å². The van der Waals surface area contributed by atoms with Gasteiger partial charge < -0.3 is 9.84 Å². The zero-order valence-corrected chi connectivity index (χ0v) is 17.6. The van der Waals surface area contributed by atoms with Crippen LogP contribution in [0.4, 0.5) is 5.69 Å². The van der Waals surface area contributed by atoms with Crippen LogP contribution in [-0.2, 0) is 9.59 Å². The van der Waals surface area contributed by atoms with Crippen molar-refractivity contribution in [2.75, 3.05) is 12.0 Å². The van der Waals surface area contributed by atoms with Gasteiger partial charge in [-0.25, -0.2) is 0 Å². The van der Waals surface area contributed by atoms with Gasteiger partial charge >= 0.3 is 0 Å². The van der Waals surface area contributed by atoms with Gasteiger partial charge in [-0.2, -0.15) is 0 Å². The highest BCUT2D eigenvalue weighted by molar-refractivity contribution is 6.51. The quantitative estimate of drug-likeness (QED) is 0.374. The number of rotatable bonds is 4. The van der Waals surface area contributed by atoms with Crippen molar-refractivity contribution in [1.29, 1.82) is 0 Å². The predicted octanol–water partition coefficient (Wildman–Crippen LogP) is 4.94. The van der Waals surface area contributed by atoms with Crippen LogP contribution in [-0.4, -0.2) is 23.9 Å². The molecule has 1 atom stereocenters. The number of hydrogen-bond acceptors (Lipinski definition) is 4.